The van der Waals surface area contributed by atoms with Crippen molar-refractivity contribution in [3.05, 3.63) is 51.7 Å². The maximum atomic E-state index is 11.9. The number of aryl methyl sites for hydroxylation is 1. The van der Waals surface area contributed by atoms with Crippen LogP contribution >= 0.6 is 11.6 Å². The first kappa shape index (κ1) is 15.1. The molecule has 0 aliphatic rings. The molecule has 0 atom stereocenters. The van der Waals surface area contributed by atoms with Gasteiger partial charge in [-0.1, -0.05) is 11.6 Å². The molecule has 2 aromatic rings. The highest BCUT2D eigenvalue weighted by atomic mass is 35.5. The van der Waals surface area contributed by atoms with Gasteiger partial charge in [-0.05, 0) is 25.1 Å². The third kappa shape index (κ3) is 3.82. The molecule has 21 heavy (non-hydrogen) atoms. The quantitative estimate of drug-likeness (QED) is 0.935. The van der Waals surface area contributed by atoms with Crippen molar-refractivity contribution in [2.24, 2.45) is 0 Å². The van der Waals surface area contributed by atoms with E-state index in [0.717, 1.165) is 0 Å². The van der Waals surface area contributed by atoms with Gasteiger partial charge in [-0.3, -0.25) is 14.2 Å². The average molecular weight is 308 g/mol. The summed E-state index contributed by atoms with van der Waals surface area (Å²) in [5.74, 6) is 0.178. The number of anilines is 1. The van der Waals surface area contributed by atoms with E-state index in [1.807, 2.05) is 0 Å². The van der Waals surface area contributed by atoms with E-state index in [9.17, 15) is 9.59 Å². The third-order valence-corrected chi connectivity index (χ3v) is 3.06. The van der Waals surface area contributed by atoms with Crippen LogP contribution in [0.15, 0.2) is 35.4 Å². The first-order valence-corrected chi connectivity index (χ1v) is 6.54. The van der Waals surface area contributed by atoms with Gasteiger partial charge in [0.2, 0.25) is 5.91 Å². The Balaban J connectivity index is 2.08. The van der Waals surface area contributed by atoms with E-state index in [-0.39, 0.29) is 18.0 Å². The Hall–Kier alpha value is -2.34. The molecule has 1 aromatic carbocycles. The number of aromatic nitrogens is 2. The molecule has 0 aliphatic heterocycles. The van der Waals surface area contributed by atoms with Crippen LogP contribution in [0.5, 0.6) is 5.75 Å². The number of benzene rings is 1. The molecule has 2 rings (SSSR count). The van der Waals surface area contributed by atoms with Crippen molar-refractivity contribution in [1.29, 1.82) is 0 Å². The number of rotatable bonds is 4. The van der Waals surface area contributed by atoms with Crippen molar-refractivity contribution in [1.82, 2.24) is 9.55 Å². The Bertz CT molecular complexity index is 728. The van der Waals surface area contributed by atoms with Gasteiger partial charge in [0.25, 0.3) is 5.56 Å². The molecule has 1 aromatic heterocycles. The van der Waals surface area contributed by atoms with E-state index in [0.29, 0.717) is 22.2 Å². The number of ether oxygens (including phenoxy) is 1. The van der Waals surface area contributed by atoms with Gasteiger partial charge in [-0.25, -0.2) is 4.98 Å². The van der Waals surface area contributed by atoms with E-state index in [1.54, 1.807) is 25.1 Å². The van der Waals surface area contributed by atoms with E-state index in [2.05, 4.69) is 10.3 Å². The maximum Gasteiger partial charge on any atom is 0.253 e. The molecule has 1 heterocycles. The minimum Gasteiger partial charge on any atom is -0.495 e. The second-order valence-electron chi connectivity index (χ2n) is 4.39. The van der Waals surface area contributed by atoms with Crippen LogP contribution in [0.4, 0.5) is 5.69 Å². The van der Waals surface area contributed by atoms with Gasteiger partial charge in [0.1, 0.15) is 12.3 Å². The predicted molar refractivity (Wildman–Crippen MR) is 79.9 cm³/mol. The lowest BCUT2D eigenvalue weighted by Crippen LogP contribution is -2.27. The number of carbonyl (C=O) groups excluding carboxylic acids is 1. The fourth-order valence-corrected chi connectivity index (χ4v) is 1.99. The summed E-state index contributed by atoms with van der Waals surface area (Å²) in [6.07, 6.45) is 1.35. The predicted octanol–water partition coefficient (Wildman–Crippen LogP) is 1.85. The Morgan fingerprint density at radius 2 is 2.19 bits per heavy atom. The largest absolute Gasteiger partial charge is 0.495 e. The van der Waals surface area contributed by atoms with Gasteiger partial charge in [0, 0.05) is 17.4 Å². The van der Waals surface area contributed by atoms with Crippen LogP contribution in [0.2, 0.25) is 5.02 Å². The minimum absolute atomic E-state index is 0.115. The standard InChI is InChI=1S/C14H14ClN3O3/c1-9-5-14(20)18(8-16-9)7-13(19)17-10-3-4-12(21-2)11(15)6-10/h3-6,8H,7H2,1-2H3,(H,17,19). The van der Waals surface area contributed by atoms with E-state index < -0.39 is 0 Å². The van der Waals surface area contributed by atoms with Crippen LogP contribution in [0, 0.1) is 6.92 Å². The summed E-state index contributed by atoms with van der Waals surface area (Å²) in [6.45, 7) is 1.60. The first-order chi connectivity index (χ1) is 9.99. The van der Waals surface area contributed by atoms with Gasteiger partial charge < -0.3 is 10.1 Å². The van der Waals surface area contributed by atoms with Gasteiger partial charge in [0.15, 0.2) is 0 Å². The number of carbonyl (C=O) groups is 1. The van der Waals surface area contributed by atoms with Crippen LogP contribution in [0.25, 0.3) is 0 Å². The number of hydrogen-bond acceptors (Lipinski definition) is 4. The zero-order valence-electron chi connectivity index (χ0n) is 11.6. The summed E-state index contributed by atoms with van der Waals surface area (Å²) in [6, 6.07) is 6.27. The number of methoxy groups -OCH3 is 1. The van der Waals surface area contributed by atoms with Crippen molar-refractivity contribution in [2.75, 3.05) is 12.4 Å². The lowest BCUT2D eigenvalue weighted by molar-refractivity contribution is -0.116. The van der Waals surface area contributed by atoms with E-state index in [1.165, 1.54) is 24.1 Å². The summed E-state index contributed by atoms with van der Waals surface area (Å²) in [4.78, 5) is 27.6. The van der Waals surface area contributed by atoms with Crippen molar-refractivity contribution >= 4 is 23.2 Å². The van der Waals surface area contributed by atoms with Crippen LogP contribution in [0.3, 0.4) is 0 Å². The molecule has 0 fully saturated rings. The van der Waals surface area contributed by atoms with Crippen LogP contribution < -0.4 is 15.6 Å². The van der Waals surface area contributed by atoms with Crippen molar-refractivity contribution in [2.45, 2.75) is 13.5 Å². The molecular weight excluding hydrogens is 294 g/mol. The molecule has 0 spiro atoms. The molecule has 0 saturated carbocycles. The Morgan fingerprint density at radius 1 is 1.43 bits per heavy atom. The Labute approximate surface area is 126 Å². The molecule has 6 nitrogen and oxygen atoms in total. The van der Waals surface area contributed by atoms with Crippen molar-refractivity contribution in [3.8, 4) is 5.75 Å². The minimum atomic E-state index is -0.344. The lowest BCUT2D eigenvalue weighted by Gasteiger charge is -2.09. The molecule has 1 amide bonds. The van der Waals surface area contributed by atoms with Crippen molar-refractivity contribution < 1.29 is 9.53 Å². The smallest absolute Gasteiger partial charge is 0.253 e. The van der Waals surface area contributed by atoms with Crippen LogP contribution in [-0.4, -0.2) is 22.6 Å². The highest BCUT2D eigenvalue weighted by molar-refractivity contribution is 6.32. The van der Waals surface area contributed by atoms with E-state index in [4.69, 9.17) is 16.3 Å². The molecular formula is C14H14ClN3O3. The summed E-state index contributed by atoms with van der Waals surface area (Å²) >= 11 is 5.97. The van der Waals surface area contributed by atoms with Crippen molar-refractivity contribution in [3.63, 3.8) is 0 Å². The summed E-state index contributed by atoms with van der Waals surface area (Å²) in [5.41, 5.74) is 0.864. The number of nitrogens with one attached hydrogen (secondary N) is 1. The molecule has 7 heteroatoms. The number of hydrogen-bond donors (Lipinski definition) is 1. The Morgan fingerprint density at radius 3 is 2.81 bits per heavy atom. The van der Waals surface area contributed by atoms with Gasteiger partial charge >= 0.3 is 0 Å². The molecule has 1 N–H and O–H groups in total. The highest BCUT2D eigenvalue weighted by Gasteiger charge is 2.07. The van der Waals surface area contributed by atoms with Gasteiger partial charge in [-0.2, -0.15) is 0 Å². The SMILES string of the molecule is COc1ccc(NC(=O)Cn2cnc(C)cc2=O)cc1Cl. The fraction of sp³-hybridized carbons (Fsp3) is 0.214. The molecule has 0 unspecified atom stereocenters. The van der Waals surface area contributed by atoms with Gasteiger partial charge in [-0.15, -0.1) is 0 Å². The normalized spacial score (nSPS) is 10.2. The molecule has 0 saturated heterocycles. The van der Waals surface area contributed by atoms with Gasteiger partial charge in [0.05, 0.1) is 18.5 Å². The molecule has 0 radical (unpaired) electrons. The highest BCUT2D eigenvalue weighted by Crippen LogP contribution is 2.27. The topological polar surface area (TPSA) is 73.2 Å². The maximum absolute atomic E-state index is 11.9. The fourth-order valence-electron chi connectivity index (χ4n) is 1.73. The zero-order valence-corrected chi connectivity index (χ0v) is 12.3. The zero-order chi connectivity index (χ0) is 15.4. The molecule has 110 valence electrons. The second kappa shape index (κ2) is 6.41. The summed E-state index contributed by atoms with van der Waals surface area (Å²) < 4.78 is 6.26. The third-order valence-electron chi connectivity index (χ3n) is 2.77. The first-order valence-electron chi connectivity index (χ1n) is 6.16. The monoisotopic (exact) mass is 307 g/mol. The number of amides is 1. The Kier molecular flexibility index (Phi) is 4.59. The van der Waals surface area contributed by atoms with Crippen LogP contribution in [-0.2, 0) is 11.3 Å². The molecule has 0 aliphatic carbocycles. The number of nitrogens with zero attached hydrogens (tertiary/aromatic N) is 2. The lowest BCUT2D eigenvalue weighted by atomic mass is 10.3. The second-order valence-corrected chi connectivity index (χ2v) is 4.80. The average Bonchev–Trinajstić information content (AvgIpc) is 2.42. The molecule has 0 bridgehead atoms. The van der Waals surface area contributed by atoms with E-state index >= 15 is 0 Å². The summed E-state index contributed by atoms with van der Waals surface area (Å²) in [5, 5.41) is 3.05. The number of halogens is 1. The summed E-state index contributed by atoms with van der Waals surface area (Å²) in [7, 11) is 1.51. The van der Waals surface area contributed by atoms with Crippen LogP contribution in [0.1, 0.15) is 5.69 Å².